The Morgan fingerprint density at radius 2 is 1.20 bits per heavy atom. The van der Waals surface area contributed by atoms with E-state index in [1.54, 1.807) is 0 Å². The quantitative estimate of drug-likeness (QED) is 0.454. The molecule has 1 radical (unpaired) electrons. The van der Waals surface area contributed by atoms with E-state index >= 15 is 0 Å². The molecule has 0 rings (SSSR count). The maximum atomic E-state index is 8.25. The molecule has 0 saturated carbocycles. The van der Waals surface area contributed by atoms with Gasteiger partial charge in [-0.1, -0.05) is 0 Å². The van der Waals surface area contributed by atoms with Gasteiger partial charge in [-0.05, 0) is 0 Å². The van der Waals surface area contributed by atoms with Gasteiger partial charge < -0.3 is 0 Å². The molecule has 29 valence electrons. The SMILES string of the molecule is [Co].[Fe].[LiH].[O]=[Ti]. The van der Waals surface area contributed by atoms with Gasteiger partial charge >= 0.3 is 42.6 Å². The van der Waals surface area contributed by atoms with Gasteiger partial charge in [0.05, 0.1) is 0 Å². The van der Waals surface area contributed by atoms with E-state index in [1.165, 1.54) is 0 Å². The molecule has 5 heavy (non-hydrogen) atoms. The Morgan fingerprint density at radius 3 is 1.20 bits per heavy atom. The van der Waals surface area contributed by atoms with Gasteiger partial charge in [-0.15, -0.1) is 0 Å². The van der Waals surface area contributed by atoms with Crippen LogP contribution in [-0.2, 0) is 57.6 Å². The number of rotatable bonds is 0. The van der Waals surface area contributed by atoms with Crippen molar-refractivity contribution in [1.82, 2.24) is 0 Å². The molecule has 0 amide bonds. The molecule has 0 aromatic heterocycles. The second-order valence-electron chi connectivity index (χ2n) is 0. The second kappa shape index (κ2) is 35.5. The molecule has 0 aromatic rings. The van der Waals surface area contributed by atoms with Crippen LogP contribution in [0.3, 0.4) is 0 Å². The summed E-state index contributed by atoms with van der Waals surface area (Å²) in [7, 11) is 0. The molecule has 0 aromatic carbocycles. The van der Waals surface area contributed by atoms with Gasteiger partial charge in [0.2, 0.25) is 0 Å². The van der Waals surface area contributed by atoms with Gasteiger partial charge in [0.25, 0.3) is 0 Å². The van der Waals surface area contributed by atoms with E-state index < -0.39 is 0 Å². The molecule has 0 aliphatic heterocycles. The molecule has 0 aliphatic rings. The van der Waals surface area contributed by atoms with Crippen LogP contribution in [0.4, 0.5) is 0 Å². The molecule has 0 N–H and O–H groups in total. The Morgan fingerprint density at radius 1 is 1.20 bits per heavy atom. The molecule has 0 unspecified atom stereocenters. The molecule has 0 heterocycles. The number of hydrogen-bond donors (Lipinski definition) is 0. The molecule has 0 bridgehead atoms. The fraction of sp³-hybridized carbons (Fsp3) is 0. The van der Waals surface area contributed by atoms with Crippen LogP contribution in [0.1, 0.15) is 0 Å². The topological polar surface area (TPSA) is 17.1 Å². The van der Waals surface area contributed by atoms with Gasteiger partial charge in [-0.2, -0.15) is 0 Å². The van der Waals surface area contributed by atoms with Crippen LogP contribution in [-0.4, -0.2) is 18.9 Å². The normalized spacial score (nSPS) is 0.600. The van der Waals surface area contributed by atoms with Crippen molar-refractivity contribution in [3.8, 4) is 0 Å². The van der Waals surface area contributed by atoms with Crippen LogP contribution in [0.5, 0.6) is 0 Å². The van der Waals surface area contributed by atoms with Crippen LogP contribution >= 0.6 is 0 Å². The summed E-state index contributed by atoms with van der Waals surface area (Å²) in [6.45, 7) is 0. The Labute approximate surface area is 75.6 Å². The summed E-state index contributed by atoms with van der Waals surface area (Å²) in [6, 6.07) is 0. The van der Waals surface area contributed by atoms with Crippen molar-refractivity contribution in [3.63, 3.8) is 0 Å². The van der Waals surface area contributed by atoms with Crippen molar-refractivity contribution in [2.75, 3.05) is 0 Å². The van der Waals surface area contributed by atoms with Gasteiger partial charge in [-0.25, -0.2) is 0 Å². The van der Waals surface area contributed by atoms with Gasteiger partial charge in [0.1, 0.15) is 0 Å². The summed E-state index contributed by atoms with van der Waals surface area (Å²) in [4.78, 5) is 0. The van der Waals surface area contributed by atoms with Crippen molar-refractivity contribution in [2.24, 2.45) is 0 Å². The van der Waals surface area contributed by atoms with Gasteiger partial charge in [0.15, 0.2) is 0 Å². The van der Waals surface area contributed by atoms with E-state index in [1.807, 2.05) is 0 Å². The third-order valence-electron chi connectivity index (χ3n) is 0. The van der Waals surface area contributed by atoms with E-state index in [4.69, 9.17) is 3.32 Å². The molecule has 0 fully saturated rings. The average Bonchev–Trinajstić information content (AvgIpc) is 1.00. The first-order valence-corrected chi connectivity index (χ1v) is 0.842. The minimum absolute atomic E-state index is 0. The molecule has 0 spiro atoms. The van der Waals surface area contributed by atoms with Crippen molar-refractivity contribution in [3.05, 3.63) is 0 Å². The summed E-state index contributed by atoms with van der Waals surface area (Å²) < 4.78 is 8.25. The molecular formula is HCoFeLiOTi. The first-order chi connectivity index (χ1) is 1.00. The summed E-state index contributed by atoms with van der Waals surface area (Å²) in [5, 5.41) is 0. The summed E-state index contributed by atoms with van der Waals surface area (Å²) in [6.07, 6.45) is 0. The van der Waals surface area contributed by atoms with Crippen LogP contribution in [0, 0.1) is 0 Å². The third-order valence-corrected chi connectivity index (χ3v) is 0. The van der Waals surface area contributed by atoms with E-state index in [9.17, 15) is 0 Å². The fourth-order valence-electron chi connectivity index (χ4n) is 0. The second-order valence-corrected chi connectivity index (χ2v) is 0. The maximum absolute atomic E-state index is 8.25. The third kappa shape index (κ3) is 23.0. The zero-order valence-electron chi connectivity index (χ0n) is 1.60. The Hall–Kier alpha value is 2.14. The predicted molar refractivity (Wildman–Crippen MR) is 7.84 cm³/mol. The molecule has 1 nitrogen and oxygen atoms in total. The Bertz CT molecular complexity index is 11.6. The number of hydrogen-bond acceptors (Lipinski definition) is 1. The molecule has 5 heteroatoms. The Balaban J connectivity index is -0.00000000167. The molecule has 0 atom stereocenters. The van der Waals surface area contributed by atoms with Crippen molar-refractivity contribution in [1.29, 1.82) is 0 Å². The van der Waals surface area contributed by atoms with Crippen LogP contribution in [0.25, 0.3) is 0 Å². The summed E-state index contributed by atoms with van der Waals surface area (Å²) >= 11 is 0.750. The van der Waals surface area contributed by atoms with Crippen molar-refractivity contribution in [2.45, 2.75) is 0 Å². The first-order valence-electron chi connectivity index (χ1n) is 0.204. The monoisotopic (exact) mass is 187 g/mol. The van der Waals surface area contributed by atoms with Crippen LogP contribution in [0.15, 0.2) is 0 Å². The van der Waals surface area contributed by atoms with E-state index in [0.717, 1.165) is 20.4 Å². The molecule has 0 aliphatic carbocycles. The summed E-state index contributed by atoms with van der Waals surface area (Å²) in [5.74, 6) is 0. The fourth-order valence-corrected chi connectivity index (χ4v) is 0. The zero-order chi connectivity index (χ0) is 2.00. The van der Waals surface area contributed by atoms with Crippen molar-refractivity contribution >= 4 is 18.9 Å². The predicted octanol–water partition coefficient (Wildman–Crippen LogP) is -0.775. The molecular weight excluding hydrogens is 186 g/mol. The minimum atomic E-state index is 0. The standard InChI is InChI=1S/Co.Fe.Li.O.Ti.H. The van der Waals surface area contributed by atoms with E-state index in [0.29, 0.717) is 0 Å². The van der Waals surface area contributed by atoms with E-state index in [2.05, 4.69) is 0 Å². The van der Waals surface area contributed by atoms with Crippen LogP contribution in [0.2, 0.25) is 0 Å². The zero-order valence-corrected chi connectivity index (χ0v) is 5.30. The van der Waals surface area contributed by atoms with Gasteiger partial charge in [0, 0.05) is 33.8 Å². The summed E-state index contributed by atoms with van der Waals surface area (Å²) in [5.41, 5.74) is 0. The molecule has 0 saturated heterocycles. The van der Waals surface area contributed by atoms with Gasteiger partial charge in [-0.3, -0.25) is 0 Å². The van der Waals surface area contributed by atoms with Crippen LogP contribution < -0.4 is 0 Å². The first kappa shape index (κ1) is 27.3. The Kier molecular flexibility index (Phi) is 194. The van der Waals surface area contributed by atoms with Crippen molar-refractivity contribution < 1.29 is 57.6 Å². The van der Waals surface area contributed by atoms with E-state index in [-0.39, 0.29) is 52.7 Å². The average molecular weight is 187 g/mol.